The quantitative estimate of drug-likeness (QED) is 0.403. The molecule has 0 aliphatic heterocycles. The maximum atomic E-state index is 12.5. The van der Waals surface area contributed by atoms with Crippen LogP contribution in [-0.2, 0) is 10.1 Å². The Morgan fingerprint density at radius 1 is 1.00 bits per heavy atom. The largest absolute Gasteiger partial charge is 0.299 e. The first-order chi connectivity index (χ1) is 12.4. The van der Waals surface area contributed by atoms with Crippen molar-refractivity contribution in [3.05, 3.63) is 70.6 Å². The molecule has 0 radical (unpaired) electrons. The Kier molecular flexibility index (Phi) is 4.61. The Hall–Kier alpha value is -3.37. The summed E-state index contributed by atoms with van der Waals surface area (Å²) in [7, 11) is -4.35. The van der Waals surface area contributed by atoms with Gasteiger partial charge in [-0.25, -0.2) is 4.68 Å². The number of hydrogen-bond donors (Lipinski definition) is 2. The van der Waals surface area contributed by atoms with Crippen molar-refractivity contribution in [1.82, 2.24) is 9.78 Å². The SMILES string of the molecule is O=Cc1[nH]n(-c2ccc(S(=O)(=O)O)cc2)c(=O)c1N=Nc1ccccc1. The van der Waals surface area contributed by atoms with Gasteiger partial charge in [-0.3, -0.25) is 19.2 Å². The summed E-state index contributed by atoms with van der Waals surface area (Å²) in [6.45, 7) is 0. The first-order valence-corrected chi connectivity index (χ1v) is 8.69. The molecule has 26 heavy (non-hydrogen) atoms. The molecule has 0 aliphatic rings. The van der Waals surface area contributed by atoms with Crippen LogP contribution in [0.15, 0.2) is 74.5 Å². The van der Waals surface area contributed by atoms with Crippen molar-refractivity contribution >= 4 is 27.8 Å². The molecular formula is C16H12N4O5S. The lowest BCUT2D eigenvalue weighted by atomic mass is 10.3. The summed E-state index contributed by atoms with van der Waals surface area (Å²) in [5.74, 6) is 0. The van der Waals surface area contributed by atoms with Crippen molar-refractivity contribution in [1.29, 1.82) is 0 Å². The number of carbonyl (C=O) groups excluding carboxylic acids is 1. The third-order valence-electron chi connectivity index (χ3n) is 3.43. The van der Waals surface area contributed by atoms with Gasteiger partial charge < -0.3 is 0 Å². The zero-order chi connectivity index (χ0) is 18.7. The maximum Gasteiger partial charge on any atom is 0.299 e. The van der Waals surface area contributed by atoms with E-state index in [0.29, 0.717) is 12.0 Å². The predicted octanol–water partition coefficient (Wildman–Crippen LogP) is 2.64. The van der Waals surface area contributed by atoms with Crippen molar-refractivity contribution in [3.8, 4) is 5.69 Å². The molecule has 0 unspecified atom stereocenters. The summed E-state index contributed by atoms with van der Waals surface area (Å²) in [4.78, 5) is 23.4. The van der Waals surface area contributed by atoms with Gasteiger partial charge in [-0.15, -0.1) is 5.11 Å². The molecule has 3 rings (SSSR count). The smallest absolute Gasteiger partial charge is 0.296 e. The lowest BCUT2D eigenvalue weighted by Crippen LogP contribution is -2.14. The second kappa shape index (κ2) is 6.86. The monoisotopic (exact) mass is 372 g/mol. The number of nitrogens with zero attached hydrogens (tertiary/aromatic N) is 3. The van der Waals surface area contributed by atoms with E-state index >= 15 is 0 Å². The molecule has 2 N–H and O–H groups in total. The van der Waals surface area contributed by atoms with E-state index in [2.05, 4.69) is 15.3 Å². The van der Waals surface area contributed by atoms with Crippen molar-refractivity contribution in [2.75, 3.05) is 0 Å². The summed E-state index contributed by atoms with van der Waals surface area (Å²) < 4.78 is 32.2. The summed E-state index contributed by atoms with van der Waals surface area (Å²) in [5, 5.41) is 10.3. The number of H-pyrrole nitrogens is 1. The number of aromatic amines is 1. The minimum atomic E-state index is -4.35. The number of nitrogens with one attached hydrogen (secondary N) is 1. The van der Waals surface area contributed by atoms with Crippen molar-refractivity contribution in [2.45, 2.75) is 4.90 Å². The topological polar surface area (TPSA) is 134 Å². The number of carbonyl (C=O) groups is 1. The second-order valence-electron chi connectivity index (χ2n) is 5.14. The number of rotatable bonds is 5. The molecule has 10 heteroatoms. The van der Waals surface area contributed by atoms with Crippen LogP contribution in [0, 0.1) is 0 Å². The average molecular weight is 372 g/mol. The minimum Gasteiger partial charge on any atom is -0.296 e. The van der Waals surface area contributed by atoms with Crippen LogP contribution >= 0.6 is 0 Å². The van der Waals surface area contributed by atoms with Crippen LogP contribution in [-0.4, -0.2) is 29.0 Å². The molecule has 0 fully saturated rings. The first-order valence-electron chi connectivity index (χ1n) is 7.25. The molecule has 2 aromatic carbocycles. The number of aromatic nitrogens is 2. The zero-order valence-electron chi connectivity index (χ0n) is 13.1. The average Bonchev–Trinajstić information content (AvgIpc) is 2.96. The molecule has 3 aromatic rings. The second-order valence-corrected chi connectivity index (χ2v) is 6.56. The van der Waals surface area contributed by atoms with Crippen molar-refractivity contribution in [3.63, 3.8) is 0 Å². The van der Waals surface area contributed by atoms with E-state index in [1.165, 1.54) is 12.1 Å². The third-order valence-corrected chi connectivity index (χ3v) is 4.29. The number of azo groups is 1. The first kappa shape index (κ1) is 17.5. The molecule has 1 heterocycles. The zero-order valence-corrected chi connectivity index (χ0v) is 13.9. The van der Waals surface area contributed by atoms with Gasteiger partial charge in [-0.1, -0.05) is 18.2 Å². The lowest BCUT2D eigenvalue weighted by molar-refractivity contribution is 0.111. The molecule has 1 aromatic heterocycles. The van der Waals surface area contributed by atoms with E-state index < -0.39 is 15.7 Å². The van der Waals surface area contributed by atoms with Gasteiger partial charge in [0, 0.05) is 0 Å². The van der Waals surface area contributed by atoms with Gasteiger partial charge in [0.15, 0.2) is 12.0 Å². The highest BCUT2D eigenvalue weighted by Crippen LogP contribution is 2.19. The Morgan fingerprint density at radius 3 is 2.23 bits per heavy atom. The fourth-order valence-electron chi connectivity index (χ4n) is 2.18. The fraction of sp³-hybridized carbons (Fsp3) is 0. The van der Waals surface area contributed by atoms with Crippen molar-refractivity contribution < 1.29 is 17.8 Å². The van der Waals surface area contributed by atoms with Gasteiger partial charge in [0.2, 0.25) is 0 Å². The standard InChI is InChI=1S/C16H12N4O5S/c21-10-14-15(18-17-11-4-2-1-3-5-11)16(22)20(19-14)12-6-8-13(9-7-12)26(23,24)25/h1-10,19H,(H,23,24,25). The Bertz CT molecular complexity index is 1130. The minimum absolute atomic E-state index is 0.0754. The molecule has 0 bridgehead atoms. The number of benzene rings is 2. The summed E-state index contributed by atoms with van der Waals surface area (Å²) in [5.41, 5.74) is -0.122. The Labute approximate surface area is 147 Å². The molecule has 0 aliphatic carbocycles. The van der Waals surface area contributed by atoms with Crippen LogP contribution < -0.4 is 5.56 Å². The number of hydrogen-bond acceptors (Lipinski definition) is 6. The molecule has 0 saturated heterocycles. The normalized spacial score (nSPS) is 11.7. The van der Waals surface area contributed by atoms with Gasteiger partial charge in [0.1, 0.15) is 5.69 Å². The van der Waals surface area contributed by atoms with Gasteiger partial charge in [-0.05, 0) is 36.4 Å². The summed E-state index contributed by atoms with van der Waals surface area (Å²) in [6, 6.07) is 13.5. The van der Waals surface area contributed by atoms with Crippen LogP contribution in [0.3, 0.4) is 0 Å². The maximum absolute atomic E-state index is 12.5. The Balaban J connectivity index is 2.03. The van der Waals surface area contributed by atoms with Crippen molar-refractivity contribution in [2.24, 2.45) is 10.2 Å². The van der Waals surface area contributed by atoms with Gasteiger partial charge in [0.05, 0.1) is 16.3 Å². The third kappa shape index (κ3) is 3.50. The van der Waals surface area contributed by atoms with Gasteiger partial charge in [-0.2, -0.15) is 13.5 Å². The summed E-state index contributed by atoms with van der Waals surface area (Å²) >= 11 is 0. The van der Waals surface area contributed by atoms with E-state index in [1.54, 1.807) is 30.3 Å². The molecule has 0 atom stereocenters. The van der Waals surface area contributed by atoms with Gasteiger partial charge >= 0.3 is 0 Å². The lowest BCUT2D eigenvalue weighted by Gasteiger charge is -2.02. The predicted molar refractivity (Wildman–Crippen MR) is 92.2 cm³/mol. The molecule has 9 nitrogen and oxygen atoms in total. The van der Waals surface area contributed by atoms with Gasteiger partial charge in [0.25, 0.3) is 15.7 Å². The number of aldehydes is 1. The van der Waals surface area contributed by atoms with Crippen LogP contribution in [0.5, 0.6) is 0 Å². The van der Waals surface area contributed by atoms with E-state index in [4.69, 9.17) is 4.55 Å². The van der Waals surface area contributed by atoms with E-state index in [0.717, 1.165) is 16.8 Å². The van der Waals surface area contributed by atoms with Crippen LogP contribution in [0.2, 0.25) is 0 Å². The molecule has 0 saturated carbocycles. The summed E-state index contributed by atoms with van der Waals surface area (Å²) in [6.07, 6.45) is 0.434. The van der Waals surface area contributed by atoms with Crippen LogP contribution in [0.4, 0.5) is 11.4 Å². The molecule has 0 spiro atoms. The van der Waals surface area contributed by atoms with E-state index in [9.17, 15) is 18.0 Å². The molecular weight excluding hydrogens is 360 g/mol. The highest BCUT2D eigenvalue weighted by atomic mass is 32.2. The molecule has 0 amide bonds. The van der Waals surface area contributed by atoms with E-state index in [1.807, 2.05) is 0 Å². The highest BCUT2D eigenvalue weighted by molar-refractivity contribution is 7.85. The van der Waals surface area contributed by atoms with Crippen LogP contribution in [0.25, 0.3) is 5.69 Å². The highest BCUT2D eigenvalue weighted by Gasteiger charge is 2.16. The van der Waals surface area contributed by atoms with Crippen LogP contribution in [0.1, 0.15) is 10.5 Å². The Morgan fingerprint density at radius 2 is 1.65 bits per heavy atom. The molecule has 132 valence electrons. The fourth-order valence-corrected chi connectivity index (χ4v) is 2.66. The van der Waals surface area contributed by atoms with E-state index in [-0.39, 0.29) is 22.0 Å².